The summed E-state index contributed by atoms with van der Waals surface area (Å²) in [5.41, 5.74) is 1.67. The second-order valence-corrected chi connectivity index (χ2v) is 4.85. The summed E-state index contributed by atoms with van der Waals surface area (Å²) in [4.78, 5) is 16.1. The number of nitrogens with one attached hydrogen (secondary N) is 2. The van der Waals surface area contributed by atoms with Gasteiger partial charge in [0, 0.05) is 5.56 Å². The number of likely N-dealkylation sites (N-methyl/N-ethyl adjacent to an activating group) is 1. The van der Waals surface area contributed by atoms with Gasteiger partial charge in [0.25, 0.3) is 0 Å². The topological polar surface area (TPSA) is 72.5 Å². The van der Waals surface area contributed by atoms with E-state index in [1.807, 2.05) is 30.3 Å². The zero-order valence-corrected chi connectivity index (χ0v) is 13.5. The number of benzene rings is 1. The van der Waals surface area contributed by atoms with Gasteiger partial charge >= 0.3 is 0 Å². The molecule has 0 spiro atoms. The molecule has 0 saturated heterocycles. The standard InChI is InChI=1S/C16H17N3O3.ClH/c1-17-10-16(20)19-15-4-2-3-12(18-15)11-5-6-13-14(9-11)22-8-7-21-13;/h2-6,9,17H,7-8,10H2,1H3,(H,18,19,20);1H. The average Bonchev–Trinajstić information content (AvgIpc) is 2.55. The summed E-state index contributed by atoms with van der Waals surface area (Å²) in [6, 6.07) is 11.2. The van der Waals surface area contributed by atoms with E-state index in [4.69, 9.17) is 9.47 Å². The van der Waals surface area contributed by atoms with E-state index >= 15 is 0 Å². The summed E-state index contributed by atoms with van der Waals surface area (Å²) in [7, 11) is 1.72. The van der Waals surface area contributed by atoms with Crippen LogP contribution in [0, 0.1) is 0 Å². The molecule has 1 aliphatic rings. The molecule has 0 unspecified atom stereocenters. The molecule has 2 heterocycles. The molecule has 0 bridgehead atoms. The van der Waals surface area contributed by atoms with Crippen molar-refractivity contribution in [2.45, 2.75) is 0 Å². The van der Waals surface area contributed by atoms with Crippen LogP contribution in [0.25, 0.3) is 11.3 Å². The van der Waals surface area contributed by atoms with Gasteiger partial charge in [-0.15, -0.1) is 12.4 Å². The third-order valence-electron chi connectivity index (χ3n) is 3.19. The molecule has 2 aromatic rings. The molecular weight excluding hydrogens is 318 g/mol. The Morgan fingerprint density at radius 3 is 2.74 bits per heavy atom. The Morgan fingerprint density at radius 1 is 1.17 bits per heavy atom. The predicted molar refractivity (Wildman–Crippen MR) is 90.5 cm³/mol. The monoisotopic (exact) mass is 335 g/mol. The van der Waals surface area contributed by atoms with Crippen molar-refractivity contribution in [1.29, 1.82) is 0 Å². The third-order valence-corrected chi connectivity index (χ3v) is 3.19. The highest BCUT2D eigenvalue weighted by molar-refractivity contribution is 5.91. The molecular formula is C16H18ClN3O3. The summed E-state index contributed by atoms with van der Waals surface area (Å²) in [6.45, 7) is 1.36. The van der Waals surface area contributed by atoms with E-state index in [1.54, 1.807) is 13.1 Å². The fraction of sp³-hybridized carbons (Fsp3) is 0.250. The smallest absolute Gasteiger partial charge is 0.239 e. The number of anilines is 1. The van der Waals surface area contributed by atoms with E-state index in [0.717, 1.165) is 22.8 Å². The average molecular weight is 336 g/mol. The minimum atomic E-state index is -0.130. The van der Waals surface area contributed by atoms with Crippen LogP contribution in [0.5, 0.6) is 11.5 Å². The molecule has 6 nitrogen and oxygen atoms in total. The maximum atomic E-state index is 11.6. The Bertz CT molecular complexity index is 694. The molecule has 1 amide bonds. The molecule has 3 rings (SSSR count). The number of amides is 1. The largest absolute Gasteiger partial charge is 0.486 e. The number of pyridine rings is 1. The molecule has 1 aromatic carbocycles. The van der Waals surface area contributed by atoms with Gasteiger partial charge in [0.15, 0.2) is 11.5 Å². The van der Waals surface area contributed by atoms with Crippen molar-refractivity contribution in [3.8, 4) is 22.8 Å². The summed E-state index contributed by atoms with van der Waals surface area (Å²) in [6.07, 6.45) is 0. The van der Waals surface area contributed by atoms with Crippen LogP contribution in [-0.4, -0.2) is 37.7 Å². The Kier molecular flexibility index (Phi) is 5.78. The number of ether oxygens (including phenoxy) is 2. The fourth-order valence-corrected chi connectivity index (χ4v) is 2.22. The van der Waals surface area contributed by atoms with Crippen molar-refractivity contribution in [1.82, 2.24) is 10.3 Å². The highest BCUT2D eigenvalue weighted by Crippen LogP contribution is 2.34. The van der Waals surface area contributed by atoms with Crippen LogP contribution in [0.2, 0.25) is 0 Å². The molecule has 2 N–H and O–H groups in total. The fourth-order valence-electron chi connectivity index (χ4n) is 2.22. The van der Waals surface area contributed by atoms with Gasteiger partial charge in [-0.3, -0.25) is 4.79 Å². The number of nitrogens with zero attached hydrogens (tertiary/aromatic N) is 1. The van der Waals surface area contributed by atoms with Crippen molar-refractivity contribution in [2.75, 3.05) is 32.1 Å². The number of rotatable bonds is 4. The van der Waals surface area contributed by atoms with Gasteiger partial charge in [0.2, 0.25) is 5.91 Å². The van der Waals surface area contributed by atoms with E-state index in [1.165, 1.54) is 0 Å². The van der Waals surface area contributed by atoms with Crippen molar-refractivity contribution in [2.24, 2.45) is 0 Å². The van der Waals surface area contributed by atoms with Gasteiger partial charge < -0.3 is 20.1 Å². The summed E-state index contributed by atoms with van der Waals surface area (Å²) >= 11 is 0. The number of aromatic nitrogens is 1. The lowest BCUT2D eigenvalue weighted by atomic mass is 10.1. The van der Waals surface area contributed by atoms with E-state index in [9.17, 15) is 4.79 Å². The molecule has 7 heteroatoms. The summed E-state index contributed by atoms with van der Waals surface area (Å²) in [5.74, 6) is 1.85. The molecule has 1 aliphatic heterocycles. The van der Waals surface area contributed by atoms with E-state index in [0.29, 0.717) is 19.0 Å². The molecule has 122 valence electrons. The van der Waals surface area contributed by atoms with Crippen LogP contribution in [0.3, 0.4) is 0 Å². The van der Waals surface area contributed by atoms with Crippen molar-refractivity contribution < 1.29 is 14.3 Å². The maximum Gasteiger partial charge on any atom is 0.239 e. The van der Waals surface area contributed by atoms with Crippen LogP contribution in [-0.2, 0) is 4.79 Å². The number of hydrogen-bond acceptors (Lipinski definition) is 5. The first-order chi connectivity index (χ1) is 10.8. The normalized spacial score (nSPS) is 12.2. The van der Waals surface area contributed by atoms with Gasteiger partial charge in [0.05, 0.1) is 12.2 Å². The lowest BCUT2D eigenvalue weighted by Gasteiger charge is -2.18. The number of fused-ring (bicyclic) bond motifs is 1. The molecule has 0 atom stereocenters. The number of hydrogen-bond donors (Lipinski definition) is 2. The minimum Gasteiger partial charge on any atom is -0.486 e. The van der Waals surface area contributed by atoms with Crippen molar-refractivity contribution in [3.63, 3.8) is 0 Å². The Hall–Kier alpha value is -2.31. The van der Waals surface area contributed by atoms with E-state index in [2.05, 4.69) is 15.6 Å². The SMILES string of the molecule is CNCC(=O)Nc1cccc(-c2ccc3c(c2)OCCO3)n1.Cl. The quantitative estimate of drug-likeness (QED) is 0.895. The van der Waals surface area contributed by atoms with Crippen LogP contribution in [0.1, 0.15) is 0 Å². The van der Waals surface area contributed by atoms with E-state index < -0.39 is 0 Å². The third kappa shape index (κ3) is 4.12. The van der Waals surface area contributed by atoms with Gasteiger partial charge in [-0.05, 0) is 37.4 Å². The molecule has 23 heavy (non-hydrogen) atoms. The van der Waals surface area contributed by atoms with E-state index in [-0.39, 0.29) is 24.9 Å². The van der Waals surface area contributed by atoms with Gasteiger partial charge in [-0.1, -0.05) is 6.07 Å². The molecule has 0 fully saturated rings. The summed E-state index contributed by atoms with van der Waals surface area (Å²) in [5, 5.41) is 5.54. The molecule has 0 saturated carbocycles. The molecule has 0 radical (unpaired) electrons. The first-order valence-electron chi connectivity index (χ1n) is 7.08. The van der Waals surface area contributed by atoms with Crippen LogP contribution >= 0.6 is 12.4 Å². The summed E-state index contributed by atoms with van der Waals surface area (Å²) < 4.78 is 11.1. The number of carbonyl (C=O) groups excluding carboxylic acids is 1. The first kappa shape index (κ1) is 17.1. The second-order valence-electron chi connectivity index (χ2n) is 4.85. The minimum absolute atomic E-state index is 0. The van der Waals surface area contributed by atoms with Crippen LogP contribution in [0.15, 0.2) is 36.4 Å². The van der Waals surface area contributed by atoms with Gasteiger partial charge in [0.1, 0.15) is 19.0 Å². The van der Waals surface area contributed by atoms with Gasteiger partial charge in [-0.2, -0.15) is 0 Å². The van der Waals surface area contributed by atoms with Crippen LogP contribution in [0.4, 0.5) is 5.82 Å². The zero-order valence-electron chi connectivity index (χ0n) is 12.7. The first-order valence-corrected chi connectivity index (χ1v) is 7.08. The number of halogens is 1. The molecule has 1 aromatic heterocycles. The Labute approximate surface area is 140 Å². The maximum absolute atomic E-state index is 11.6. The molecule has 0 aliphatic carbocycles. The number of carbonyl (C=O) groups is 1. The van der Waals surface area contributed by atoms with Crippen molar-refractivity contribution in [3.05, 3.63) is 36.4 Å². The predicted octanol–water partition coefficient (Wildman–Crippen LogP) is 2.10. The lowest BCUT2D eigenvalue weighted by Crippen LogP contribution is -2.25. The Balaban J connectivity index is 0.00000192. The highest BCUT2D eigenvalue weighted by atomic mass is 35.5. The van der Waals surface area contributed by atoms with Gasteiger partial charge in [-0.25, -0.2) is 4.98 Å². The zero-order chi connectivity index (χ0) is 15.4. The lowest BCUT2D eigenvalue weighted by molar-refractivity contribution is -0.115. The second kappa shape index (κ2) is 7.80. The Morgan fingerprint density at radius 2 is 1.96 bits per heavy atom. The van der Waals surface area contributed by atoms with Crippen molar-refractivity contribution >= 4 is 24.1 Å². The van der Waals surface area contributed by atoms with Crippen LogP contribution < -0.4 is 20.1 Å². The highest BCUT2D eigenvalue weighted by Gasteiger charge is 2.13.